The fourth-order valence-electron chi connectivity index (χ4n) is 3.24. The maximum Gasteiger partial charge on any atom is 0.490 e. The normalized spacial score (nSPS) is 14.6. The number of piperazine rings is 1. The van der Waals surface area contributed by atoms with Gasteiger partial charge in [0.25, 0.3) is 10.0 Å². The number of carboxylic acids is 2. The molecule has 192 valence electrons. The van der Waals surface area contributed by atoms with Crippen LogP contribution in [0.25, 0.3) is 0 Å². The number of aryl methyl sites for hydroxylation is 1. The van der Waals surface area contributed by atoms with Gasteiger partial charge in [0.2, 0.25) is 0 Å². The van der Waals surface area contributed by atoms with Crippen molar-refractivity contribution in [1.29, 1.82) is 0 Å². The number of carbonyl (C=O) groups is 2. The third kappa shape index (κ3) is 7.86. The first kappa shape index (κ1) is 27.9. The summed E-state index contributed by atoms with van der Waals surface area (Å²) in [5.74, 6) is -3.93. The van der Waals surface area contributed by atoms with Gasteiger partial charge in [-0.3, -0.25) is 4.72 Å². The maximum absolute atomic E-state index is 12.6. The zero-order valence-electron chi connectivity index (χ0n) is 19.0. The van der Waals surface area contributed by atoms with Crippen LogP contribution in [0.3, 0.4) is 0 Å². The fraction of sp³-hybridized carbons (Fsp3) is 0.364. The Labute approximate surface area is 200 Å². The van der Waals surface area contributed by atoms with Crippen LogP contribution in [-0.4, -0.2) is 74.4 Å². The van der Waals surface area contributed by atoms with Crippen molar-refractivity contribution < 1.29 is 41.4 Å². The second kappa shape index (κ2) is 11.4. The number of hydrogen-bond donors (Lipinski definition) is 3. The lowest BCUT2D eigenvalue weighted by Gasteiger charge is -2.35. The van der Waals surface area contributed by atoms with Gasteiger partial charge in [-0.25, -0.2) is 18.0 Å². The predicted molar refractivity (Wildman–Crippen MR) is 123 cm³/mol. The molecule has 13 heteroatoms. The summed E-state index contributed by atoms with van der Waals surface area (Å²) in [5.41, 5.74) is 1.72. The van der Waals surface area contributed by atoms with Crippen molar-refractivity contribution in [3.63, 3.8) is 0 Å². The summed E-state index contributed by atoms with van der Waals surface area (Å²) in [7, 11) is -3.87. The lowest BCUT2D eigenvalue weighted by molar-refractivity contribution is -0.192. The zero-order chi connectivity index (χ0) is 26.4. The van der Waals surface area contributed by atoms with Crippen molar-refractivity contribution in [2.75, 3.05) is 42.3 Å². The summed E-state index contributed by atoms with van der Waals surface area (Å²) in [6, 6.07) is 11.2. The number of carboxylic acid groups (broad SMARTS) is 2. The molecule has 0 aromatic heterocycles. The van der Waals surface area contributed by atoms with Gasteiger partial charge < -0.3 is 20.0 Å². The summed E-state index contributed by atoms with van der Waals surface area (Å²) >= 11 is 0. The minimum absolute atomic E-state index is 0.0593. The van der Waals surface area contributed by atoms with Crippen LogP contribution in [0, 0.1) is 6.92 Å². The van der Waals surface area contributed by atoms with E-state index in [9.17, 15) is 31.5 Å². The SMILES string of the molecule is CCN1CCN(c2ccc(NS(=O)(=O)c3ccc(C)cc3)c(C(=O)O)c2)CC1.O=C(O)C(F)(F)F. The molecule has 3 N–H and O–H groups in total. The third-order valence-electron chi connectivity index (χ3n) is 5.24. The molecule has 1 aliphatic heterocycles. The second-order valence-electron chi connectivity index (χ2n) is 7.68. The molecule has 1 saturated heterocycles. The topological polar surface area (TPSA) is 127 Å². The molecule has 0 spiro atoms. The standard InChI is InChI=1S/C20H25N3O4S.C2HF3O2/c1-3-22-10-12-23(13-11-22)16-6-9-19(18(14-16)20(24)25)21-28(26,27)17-7-4-15(2)5-8-17;3-2(4,5)1(6)7/h4-9,14,21H,3,10-13H2,1-2H3,(H,24,25);(H,6,7). The average molecular weight is 518 g/mol. The number of sulfonamides is 1. The second-order valence-corrected chi connectivity index (χ2v) is 9.36. The molecule has 0 bridgehead atoms. The number of aliphatic carboxylic acids is 1. The summed E-state index contributed by atoms with van der Waals surface area (Å²) in [6.07, 6.45) is -5.08. The van der Waals surface area contributed by atoms with Gasteiger partial charge in [-0.15, -0.1) is 0 Å². The van der Waals surface area contributed by atoms with Crippen molar-refractivity contribution in [1.82, 2.24) is 4.90 Å². The van der Waals surface area contributed by atoms with E-state index in [4.69, 9.17) is 9.90 Å². The number of rotatable bonds is 6. The summed E-state index contributed by atoms with van der Waals surface area (Å²) in [4.78, 5) is 25.2. The summed E-state index contributed by atoms with van der Waals surface area (Å²) < 4.78 is 59.4. The Balaban J connectivity index is 0.000000540. The number of nitrogens with zero attached hydrogens (tertiary/aromatic N) is 2. The van der Waals surface area contributed by atoms with E-state index in [1.165, 1.54) is 24.3 Å². The molecular weight excluding hydrogens is 491 g/mol. The van der Waals surface area contributed by atoms with Crippen LogP contribution in [-0.2, 0) is 14.8 Å². The lowest BCUT2D eigenvalue weighted by Crippen LogP contribution is -2.46. The van der Waals surface area contributed by atoms with Crippen molar-refractivity contribution >= 4 is 33.3 Å². The molecule has 3 rings (SSSR count). The van der Waals surface area contributed by atoms with Crippen molar-refractivity contribution in [2.45, 2.75) is 24.9 Å². The first-order chi connectivity index (χ1) is 16.2. The molecule has 35 heavy (non-hydrogen) atoms. The van der Waals surface area contributed by atoms with E-state index in [2.05, 4.69) is 21.4 Å². The molecule has 0 aliphatic carbocycles. The van der Waals surface area contributed by atoms with Crippen molar-refractivity contribution in [2.24, 2.45) is 0 Å². The Morgan fingerprint density at radius 3 is 2.00 bits per heavy atom. The average Bonchev–Trinajstić information content (AvgIpc) is 2.79. The number of nitrogens with one attached hydrogen (secondary N) is 1. The van der Waals surface area contributed by atoms with Gasteiger partial charge in [0.15, 0.2) is 0 Å². The van der Waals surface area contributed by atoms with Crippen molar-refractivity contribution in [3.05, 3.63) is 53.6 Å². The first-order valence-corrected chi connectivity index (χ1v) is 12.0. The molecule has 0 atom stereocenters. The van der Waals surface area contributed by atoms with Gasteiger partial charge in [0.1, 0.15) is 0 Å². The summed E-state index contributed by atoms with van der Waals surface area (Å²) in [6.45, 7) is 8.43. The molecule has 0 radical (unpaired) electrons. The van der Waals surface area contributed by atoms with Crippen LogP contribution in [0.2, 0.25) is 0 Å². The van der Waals surface area contributed by atoms with Gasteiger partial charge >= 0.3 is 18.1 Å². The van der Waals surface area contributed by atoms with E-state index >= 15 is 0 Å². The van der Waals surface area contributed by atoms with E-state index in [1.54, 1.807) is 18.2 Å². The zero-order valence-corrected chi connectivity index (χ0v) is 19.9. The Morgan fingerprint density at radius 1 is 1.00 bits per heavy atom. The highest BCUT2D eigenvalue weighted by Crippen LogP contribution is 2.27. The van der Waals surface area contributed by atoms with Gasteiger partial charge in [-0.1, -0.05) is 24.6 Å². The van der Waals surface area contributed by atoms with Gasteiger partial charge in [-0.2, -0.15) is 13.2 Å². The van der Waals surface area contributed by atoms with Crippen LogP contribution in [0.1, 0.15) is 22.8 Å². The first-order valence-electron chi connectivity index (χ1n) is 10.5. The highest BCUT2D eigenvalue weighted by Gasteiger charge is 2.38. The highest BCUT2D eigenvalue weighted by molar-refractivity contribution is 7.92. The van der Waals surface area contributed by atoms with Crippen molar-refractivity contribution in [3.8, 4) is 0 Å². The molecule has 9 nitrogen and oxygen atoms in total. The predicted octanol–water partition coefficient (Wildman–Crippen LogP) is 3.27. The molecule has 0 unspecified atom stereocenters. The van der Waals surface area contributed by atoms with Crippen LogP contribution in [0.15, 0.2) is 47.4 Å². The van der Waals surface area contributed by atoms with E-state index < -0.39 is 28.1 Å². The molecule has 0 amide bonds. The monoisotopic (exact) mass is 517 g/mol. The van der Waals surface area contributed by atoms with Crippen LogP contribution in [0.4, 0.5) is 24.5 Å². The van der Waals surface area contributed by atoms with Crippen LogP contribution >= 0.6 is 0 Å². The van der Waals surface area contributed by atoms with Crippen LogP contribution in [0.5, 0.6) is 0 Å². The number of anilines is 2. The number of likely N-dealkylation sites (N-methyl/N-ethyl adjacent to an activating group) is 1. The summed E-state index contributed by atoms with van der Waals surface area (Å²) in [5, 5.41) is 16.7. The number of benzene rings is 2. The Morgan fingerprint density at radius 2 is 1.54 bits per heavy atom. The molecule has 1 fully saturated rings. The Hall–Kier alpha value is -3.32. The van der Waals surface area contributed by atoms with E-state index in [1.807, 2.05) is 6.92 Å². The Kier molecular flexibility index (Phi) is 9.10. The number of aromatic carboxylic acids is 1. The molecule has 1 heterocycles. The van der Waals surface area contributed by atoms with Gasteiger partial charge in [-0.05, 0) is 43.8 Å². The molecule has 2 aromatic rings. The quantitative estimate of drug-likeness (QED) is 0.533. The molecule has 2 aromatic carbocycles. The van der Waals surface area contributed by atoms with E-state index in [0.717, 1.165) is 44.0 Å². The van der Waals surface area contributed by atoms with Gasteiger partial charge in [0, 0.05) is 31.9 Å². The van der Waals surface area contributed by atoms with E-state index in [-0.39, 0.29) is 16.1 Å². The number of alkyl halides is 3. The Bertz CT molecular complexity index is 1150. The third-order valence-corrected chi connectivity index (χ3v) is 6.62. The minimum Gasteiger partial charge on any atom is -0.478 e. The molecule has 1 aliphatic rings. The number of hydrogen-bond acceptors (Lipinski definition) is 6. The maximum atomic E-state index is 12.6. The van der Waals surface area contributed by atoms with E-state index in [0.29, 0.717) is 0 Å². The molecular formula is C22H26F3N3O6S. The molecule has 0 saturated carbocycles. The minimum atomic E-state index is -5.08. The van der Waals surface area contributed by atoms with Crippen LogP contribution < -0.4 is 9.62 Å². The van der Waals surface area contributed by atoms with Gasteiger partial charge in [0.05, 0.1) is 16.1 Å². The lowest BCUT2D eigenvalue weighted by atomic mass is 10.1. The smallest absolute Gasteiger partial charge is 0.478 e. The highest BCUT2D eigenvalue weighted by atomic mass is 32.2. The number of halogens is 3. The largest absolute Gasteiger partial charge is 0.490 e. The fourth-order valence-corrected chi connectivity index (χ4v) is 4.32.